The summed E-state index contributed by atoms with van der Waals surface area (Å²) >= 11 is 0. The molecule has 0 unspecified atom stereocenters. The fourth-order valence-electron chi connectivity index (χ4n) is 2.76. The van der Waals surface area contributed by atoms with Crippen LogP contribution in [0.25, 0.3) is 11.1 Å². The standard InChI is InChI=1S/C15H21N3O3/c1-18(10-15(19)4-6-20-7-5-15)9-14-17-12-8-11(16)2-3-13(12)21-14/h2-3,8,19H,4-7,9-10,16H2,1H3. The van der Waals surface area contributed by atoms with Crippen molar-refractivity contribution >= 4 is 16.8 Å². The molecule has 6 heteroatoms. The first-order valence-electron chi connectivity index (χ1n) is 7.18. The van der Waals surface area contributed by atoms with Crippen molar-refractivity contribution in [1.82, 2.24) is 9.88 Å². The number of anilines is 1. The van der Waals surface area contributed by atoms with Crippen molar-refractivity contribution in [2.75, 3.05) is 32.5 Å². The van der Waals surface area contributed by atoms with Gasteiger partial charge in [0.25, 0.3) is 0 Å². The number of likely N-dealkylation sites (N-methyl/N-ethyl adjacent to an activating group) is 1. The van der Waals surface area contributed by atoms with E-state index in [0.717, 1.165) is 11.1 Å². The van der Waals surface area contributed by atoms with Crippen LogP contribution < -0.4 is 5.73 Å². The number of fused-ring (bicyclic) bond motifs is 1. The summed E-state index contributed by atoms with van der Waals surface area (Å²) in [5.41, 5.74) is 7.24. The Morgan fingerprint density at radius 1 is 1.38 bits per heavy atom. The third kappa shape index (κ3) is 3.34. The summed E-state index contributed by atoms with van der Waals surface area (Å²) in [5, 5.41) is 10.5. The first kappa shape index (κ1) is 14.3. The van der Waals surface area contributed by atoms with Gasteiger partial charge in [-0.15, -0.1) is 0 Å². The van der Waals surface area contributed by atoms with Gasteiger partial charge in [0, 0.05) is 38.3 Å². The SMILES string of the molecule is CN(Cc1nc2cc(N)ccc2o1)CC1(O)CCOCC1. The molecule has 1 aromatic heterocycles. The number of hydrogen-bond donors (Lipinski definition) is 2. The molecule has 114 valence electrons. The van der Waals surface area contributed by atoms with Gasteiger partial charge in [-0.05, 0) is 25.2 Å². The van der Waals surface area contributed by atoms with Crippen LogP contribution in [0.4, 0.5) is 5.69 Å². The molecule has 2 heterocycles. The van der Waals surface area contributed by atoms with E-state index < -0.39 is 5.60 Å². The molecule has 1 fully saturated rings. The molecule has 6 nitrogen and oxygen atoms in total. The Hall–Kier alpha value is -1.63. The Morgan fingerprint density at radius 2 is 2.14 bits per heavy atom. The quantitative estimate of drug-likeness (QED) is 0.828. The normalized spacial score (nSPS) is 18.4. The number of nitrogens with two attached hydrogens (primary N) is 1. The highest BCUT2D eigenvalue weighted by atomic mass is 16.5. The summed E-state index contributed by atoms with van der Waals surface area (Å²) in [6.45, 7) is 2.37. The van der Waals surface area contributed by atoms with Crippen LogP contribution in [0.5, 0.6) is 0 Å². The molecule has 0 radical (unpaired) electrons. The summed E-state index contributed by atoms with van der Waals surface area (Å²) < 4.78 is 11.0. The Labute approximate surface area is 123 Å². The van der Waals surface area contributed by atoms with Crippen LogP contribution in [0, 0.1) is 0 Å². The zero-order chi connectivity index (χ0) is 14.9. The molecule has 0 aliphatic carbocycles. The van der Waals surface area contributed by atoms with E-state index in [1.165, 1.54) is 0 Å². The van der Waals surface area contributed by atoms with Gasteiger partial charge in [0.05, 0.1) is 12.1 Å². The van der Waals surface area contributed by atoms with Gasteiger partial charge < -0.3 is 20.0 Å². The Bertz CT molecular complexity index is 620. The van der Waals surface area contributed by atoms with Gasteiger partial charge in [0.2, 0.25) is 5.89 Å². The molecule has 3 rings (SSSR count). The van der Waals surface area contributed by atoms with Gasteiger partial charge >= 0.3 is 0 Å². The molecular formula is C15H21N3O3. The van der Waals surface area contributed by atoms with Crippen molar-refractivity contribution in [3.05, 3.63) is 24.1 Å². The van der Waals surface area contributed by atoms with Crippen molar-refractivity contribution in [3.8, 4) is 0 Å². The lowest BCUT2D eigenvalue weighted by Gasteiger charge is -2.35. The molecule has 3 N–H and O–H groups in total. The third-order valence-electron chi connectivity index (χ3n) is 3.85. The van der Waals surface area contributed by atoms with Gasteiger partial charge in [0.15, 0.2) is 5.58 Å². The molecule has 0 spiro atoms. The Balaban J connectivity index is 1.66. The lowest BCUT2D eigenvalue weighted by atomic mass is 9.94. The van der Waals surface area contributed by atoms with Crippen molar-refractivity contribution < 1.29 is 14.3 Å². The smallest absolute Gasteiger partial charge is 0.209 e. The van der Waals surface area contributed by atoms with Crippen molar-refractivity contribution in [2.45, 2.75) is 25.0 Å². The Kier molecular flexibility index (Phi) is 3.84. The summed E-state index contributed by atoms with van der Waals surface area (Å²) in [7, 11) is 1.96. The number of nitrogens with zero attached hydrogens (tertiary/aromatic N) is 2. The summed E-state index contributed by atoms with van der Waals surface area (Å²) in [6, 6.07) is 5.42. The summed E-state index contributed by atoms with van der Waals surface area (Å²) in [5.74, 6) is 0.633. The minimum absolute atomic E-state index is 0.553. The highest BCUT2D eigenvalue weighted by Gasteiger charge is 2.31. The van der Waals surface area contributed by atoms with E-state index in [1.807, 2.05) is 18.0 Å². The minimum atomic E-state index is -0.677. The highest BCUT2D eigenvalue weighted by molar-refractivity contribution is 5.76. The van der Waals surface area contributed by atoms with Crippen LogP contribution in [-0.4, -0.2) is 47.4 Å². The van der Waals surface area contributed by atoms with E-state index in [4.69, 9.17) is 14.9 Å². The Morgan fingerprint density at radius 3 is 2.90 bits per heavy atom. The van der Waals surface area contributed by atoms with Crippen LogP contribution in [0.15, 0.2) is 22.6 Å². The molecule has 1 aromatic carbocycles. The molecule has 0 saturated carbocycles. The molecule has 21 heavy (non-hydrogen) atoms. The number of aliphatic hydroxyl groups is 1. The number of hydrogen-bond acceptors (Lipinski definition) is 6. The van der Waals surface area contributed by atoms with E-state index >= 15 is 0 Å². The predicted molar refractivity (Wildman–Crippen MR) is 79.8 cm³/mol. The number of benzene rings is 1. The average Bonchev–Trinajstić information content (AvgIpc) is 2.79. The fourth-order valence-corrected chi connectivity index (χ4v) is 2.76. The molecule has 1 saturated heterocycles. The van der Waals surface area contributed by atoms with Crippen LogP contribution in [0.1, 0.15) is 18.7 Å². The zero-order valence-corrected chi connectivity index (χ0v) is 12.2. The first-order chi connectivity index (χ1) is 10.0. The van der Waals surface area contributed by atoms with Crippen molar-refractivity contribution in [2.24, 2.45) is 0 Å². The molecular weight excluding hydrogens is 270 g/mol. The van der Waals surface area contributed by atoms with Crippen molar-refractivity contribution in [3.63, 3.8) is 0 Å². The number of nitrogen functional groups attached to an aromatic ring is 1. The average molecular weight is 291 g/mol. The number of ether oxygens (including phenoxy) is 1. The molecule has 1 aliphatic rings. The molecule has 0 amide bonds. The van der Waals surface area contributed by atoms with Gasteiger partial charge in [0.1, 0.15) is 5.52 Å². The predicted octanol–water partition coefficient (Wildman–Crippen LogP) is 1.38. The van der Waals surface area contributed by atoms with E-state index in [-0.39, 0.29) is 0 Å². The largest absolute Gasteiger partial charge is 0.439 e. The third-order valence-corrected chi connectivity index (χ3v) is 3.85. The first-order valence-corrected chi connectivity index (χ1v) is 7.18. The maximum absolute atomic E-state index is 10.5. The maximum Gasteiger partial charge on any atom is 0.209 e. The van der Waals surface area contributed by atoms with Gasteiger partial charge in [-0.3, -0.25) is 4.90 Å². The number of oxazole rings is 1. The van der Waals surface area contributed by atoms with Crippen LogP contribution in [0.3, 0.4) is 0 Å². The van der Waals surface area contributed by atoms with E-state index in [1.54, 1.807) is 12.1 Å². The monoisotopic (exact) mass is 291 g/mol. The molecule has 0 atom stereocenters. The molecule has 1 aliphatic heterocycles. The highest BCUT2D eigenvalue weighted by Crippen LogP contribution is 2.23. The lowest BCUT2D eigenvalue weighted by molar-refractivity contribution is -0.0782. The number of aromatic nitrogens is 1. The summed E-state index contributed by atoms with van der Waals surface area (Å²) in [6.07, 6.45) is 1.34. The van der Waals surface area contributed by atoms with E-state index in [9.17, 15) is 5.11 Å². The van der Waals surface area contributed by atoms with Crippen molar-refractivity contribution in [1.29, 1.82) is 0 Å². The van der Waals surface area contributed by atoms with Gasteiger partial charge in [-0.1, -0.05) is 0 Å². The summed E-state index contributed by atoms with van der Waals surface area (Å²) in [4.78, 5) is 6.46. The van der Waals surface area contributed by atoms with E-state index in [0.29, 0.717) is 50.7 Å². The second kappa shape index (κ2) is 5.63. The van der Waals surface area contributed by atoms with Crippen LogP contribution in [0.2, 0.25) is 0 Å². The molecule has 0 bridgehead atoms. The van der Waals surface area contributed by atoms with Crippen LogP contribution in [-0.2, 0) is 11.3 Å². The lowest BCUT2D eigenvalue weighted by Crippen LogP contribution is -2.45. The number of rotatable bonds is 4. The van der Waals surface area contributed by atoms with E-state index in [2.05, 4.69) is 4.98 Å². The maximum atomic E-state index is 10.5. The second-order valence-corrected chi connectivity index (χ2v) is 5.84. The topological polar surface area (TPSA) is 84.8 Å². The second-order valence-electron chi connectivity index (χ2n) is 5.84. The van der Waals surface area contributed by atoms with Gasteiger partial charge in [-0.2, -0.15) is 0 Å². The minimum Gasteiger partial charge on any atom is -0.439 e. The molecule has 2 aromatic rings. The fraction of sp³-hybridized carbons (Fsp3) is 0.533. The van der Waals surface area contributed by atoms with Crippen LogP contribution >= 0.6 is 0 Å². The zero-order valence-electron chi connectivity index (χ0n) is 12.2. The van der Waals surface area contributed by atoms with Gasteiger partial charge in [-0.25, -0.2) is 4.98 Å².